The molecule has 1 aliphatic heterocycles. The van der Waals surface area contributed by atoms with Gasteiger partial charge in [-0.15, -0.1) is 22.7 Å². The molecule has 4 nitrogen and oxygen atoms in total. The number of hydrogen-bond donors (Lipinski definition) is 1. The van der Waals surface area contributed by atoms with E-state index in [-0.39, 0.29) is 5.91 Å². The van der Waals surface area contributed by atoms with Gasteiger partial charge in [0.1, 0.15) is 10.0 Å². The Morgan fingerprint density at radius 3 is 2.74 bits per heavy atom. The van der Waals surface area contributed by atoms with E-state index in [0.717, 1.165) is 47.1 Å². The number of para-hydroxylation sites is 1. The molecule has 1 N–H and O–H groups in total. The van der Waals surface area contributed by atoms with Gasteiger partial charge >= 0.3 is 0 Å². The van der Waals surface area contributed by atoms with Crippen LogP contribution in [0.1, 0.15) is 38.1 Å². The Balaban J connectivity index is 1.82. The number of carbonyl (C=O) groups excluding carboxylic acids is 1. The predicted octanol–water partition coefficient (Wildman–Crippen LogP) is 5.39. The maximum absolute atomic E-state index is 12.7. The quantitative estimate of drug-likeness (QED) is 0.642. The lowest BCUT2D eigenvalue weighted by molar-refractivity contribution is -0.123. The third-order valence-corrected chi connectivity index (χ3v) is 7.19. The summed E-state index contributed by atoms with van der Waals surface area (Å²) in [4.78, 5) is 21.4. The van der Waals surface area contributed by atoms with Gasteiger partial charge < -0.3 is 5.32 Å². The molecule has 0 unspecified atom stereocenters. The molecule has 6 heteroatoms. The van der Waals surface area contributed by atoms with Crippen molar-refractivity contribution in [3.8, 4) is 10.6 Å². The van der Waals surface area contributed by atoms with Crippen molar-refractivity contribution in [1.82, 2.24) is 9.88 Å². The van der Waals surface area contributed by atoms with Gasteiger partial charge in [0.2, 0.25) is 5.91 Å². The van der Waals surface area contributed by atoms with Crippen LogP contribution < -0.4 is 5.32 Å². The molecule has 0 aliphatic carbocycles. The summed E-state index contributed by atoms with van der Waals surface area (Å²) < 4.78 is 1.19. The van der Waals surface area contributed by atoms with E-state index in [1.54, 1.807) is 22.7 Å². The fourth-order valence-corrected chi connectivity index (χ4v) is 5.71. The Labute approximate surface area is 168 Å². The topological polar surface area (TPSA) is 45.2 Å². The van der Waals surface area contributed by atoms with Crippen molar-refractivity contribution in [3.05, 3.63) is 34.7 Å². The number of amides is 1. The van der Waals surface area contributed by atoms with Crippen molar-refractivity contribution in [2.24, 2.45) is 5.41 Å². The summed E-state index contributed by atoms with van der Waals surface area (Å²) in [5.41, 5.74) is 3.11. The zero-order chi connectivity index (χ0) is 19.2. The van der Waals surface area contributed by atoms with Gasteiger partial charge in [-0.25, -0.2) is 4.98 Å². The first-order valence-electron chi connectivity index (χ1n) is 9.41. The number of thiazole rings is 1. The number of carbonyl (C=O) groups is 1. The van der Waals surface area contributed by atoms with Crippen molar-refractivity contribution >= 4 is 43.8 Å². The zero-order valence-electron chi connectivity index (χ0n) is 16.3. The minimum Gasteiger partial charge on any atom is -0.317 e. The zero-order valence-corrected chi connectivity index (χ0v) is 17.9. The third kappa shape index (κ3) is 3.53. The van der Waals surface area contributed by atoms with Crippen molar-refractivity contribution in [3.63, 3.8) is 0 Å². The van der Waals surface area contributed by atoms with E-state index in [1.807, 2.05) is 26.8 Å². The average molecular weight is 400 g/mol. The van der Waals surface area contributed by atoms with Crippen molar-refractivity contribution in [1.29, 1.82) is 0 Å². The molecule has 0 saturated heterocycles. The lowest BCUT2D eigenvalue weighted by Gasteiger charge is -2.25. The van der Waals surface area contributed by atoms with Crippen LogP contribution in [0.3, 0.4) is 0 Å². The summed E-state index contributed by atoms with van der Waals surface area (Å²) in [5, 5.41) is 5.18. The van der Waals surface area contributed by atoms with Crippen molar-refractivity contribution < 1.29 is 4.79 Å². The van der Waals surface area contributed by atoms with Crippen LogP contribution in [0.25, 0.3) is 20.8 Å². The van der Waals surface area contributed by atoms with Gasteiger partial charge in [-0.1, -0.05) is 39.8 Å². The summed E-state index contributed by atoms with van der Waals surface area (Å²) in [6.07, 6.45) is 1.01. The summed E-state index contributed by atoms with van der Waals surface area (Å²) in [6, 6.07) is 8.24. The van der Waals surface area contributed by atoms with E-state index in [9.17, 15) is 4.79 Å². The van der Waals surface area contributed by atoms with Crippen molar-refractivity contribution in [2.75, 3.05) is 18.4 Å². The second kappa shape index (κ2) is 7.00. The Morgan fingerprint density at radius 1 is 1.26 bits per heavy atom. The number of benzene rings is 1. The van der Waals surface area contributed by atoms with E-state index in [0.29, 0.717) is 0 Å². The van der Waals surface area contributed by atoms with Crippen LogP contribution in [-0.4, -0.2) is 28.9 Å². The Kier molecular flexibility index (Phi) is 4.82. The molecule has 3 heterocycles. The van der Waals surface area contributed by atoms with Crippen LogP contribution in [0.2, 0.25) is 0 Å². The molecule has 0 fully saturated rings. The van der Waals surface area contributed by atoms with Gasteiger partial charge in [0.25, 0.3) is 0 Å². The molecule has 1 aliphatic rings. The second-order valence-corrected chi connectivity index (χ2v) is 10.2. The summed E-state index contributed by atoms with van der Waals surface area (Å²) in [6.45, 7) is 11.1. The highest BCUT2D eigenvalue weighted by Gasteiger charge is 2.29. The van der Waals surface area contributed by atoms with Gasteiger partial charge in [-0.05, 0) is 30.7 Å². The number of hydrogen-bond acceptors (Lipinski definition) is 5. The first-order chi connectivity index (χ1) is 12.9. The van der Waals surface area contributed by atoms with E-state index in [2.05, 4.69) is 35.3 Å². The highest BCUT2D eigenvalue weighted by molar-refractivity contribution is 7.22. The molecule has 0 radical (unpaired) electrons. The number of likely N-dealkylation sites (N-methyl/N-ethyl adjacent to an activating group) is 1. The molecule has 0 saturated carbocycles. The number of rotatable bonds is 3. The smallest absolute Gasteiger partial charge is 0.230 e. The van der Waals surface area contributed by atoms with Gasteiger partial charge in [-0.2, -0.15) is 0 Å². The molecule has 1 amide bonds. The average Bonchev–Trinajstić information content (AvgIpc) is 3.20. The molecule has 0 spiro atoms. The van der Waals surface area contributed by atoms with Gasteiger partial charge in [0.05, 0.1) is 10.2 Å². The van der Waals surface area contributed by atoms with Gasteiger partial charge in [0.15, 0.2) is 0 Å². The molecule has 4 rings (SSSR count). The Hall–Kier alpha value is -1.76. The van der Waals surface area contributed by atoms with Crippen LogP contribution in [0, 0.1) is 5.41 Å². The molecule has 27 heavy (non-hydrogen) atoms. The lowest BCUT2D eigenvalue weighted by Crippen LogP contribution is -2.29. The van der Waals surface area contributed by atoms with E-state index >= 15 is 0 Å². The highest BCUT2D eigenvalue weighted by Crippen LogP contribution is 2.46. The van der Waals surface area contributed by atoms with Crippen LogP contribution in [0.4, 0.5) is 5.00 Å². The maximum atomic E-state index is 12.7. The number of thiophene rings is 1. The SMILES string of the molecule is CCN1CCc2c(sc(NC(=O)C(C)(C)C)c2-c2nc3ccccc3s2)C1. The Bertz CT molecular complexity index is 964. The largest absolute Gasteiger partial charge is 0.317 e. The van der Waals surface area contributed by atoms with Gasteiger partial charge in [-0.3, -0.25) is 9.69 Å². The molecule has 1 aromatic carbocycles. The summed E-state index contributed by atoms with van der Waals surface area (Å²) in [5.74, 6) is 0.0517. The molecule has 3 aromatic rings. The number of fused-ring (bicyclic) bond motifs is 2. The summed E-state index contributed by atoms with van der Waals surface area (Å²) in [7, 11) is 0. The molecular formula is C21H25N3OS2. The van der Waals surface area contributed by atoms with Crippen LogP contribution in [0.5, 0.6) is 0 Å². The van der Waals surface area contributed by atoms with E-state index in [4.69, 9.17) is 4.98 Å². The highest BCUT2D eigenvalue weighted by atomic mass is 32.1. The number of nitrogens with zero attached hydrogens (tertiary/aromatic N) is 2. The van der Waals surface area contributed by atoms with E-state index in [1.165, 1.54) is 15.1 Å². The fraction of sp³-hybridized carbons (Fsp3) is 0.429. The normalized spacial score (nSPS) is 15.1. The molecule has 0 atom stereocenters. The predicted molar refractivity (Wildman–Crippen MR) is 116 cm³/mol. The Morgan fingerprint density at radius 2 is 2.04 bits per heavy atom. The standard InChI is InChI=1S/C21H25N3OS2/c1-5-24-11-10-13-16(12-24)27-19(23-20(25)21(2,3)4)17(13)18-22-14-8-6-7-9-15(14)26-18/h6-9H,5,10-12H2,1-4H3,(H,23,25). The number of nitrogens with one attached hydrogen (secondary N) is 1. The third-order valence-electron chi connectivity index (χ3n) is 5.00. The number of aromatic nitrogens is 1. The van der Waals surface area contributed by atoms with E-state index < -0.39 is 5.41 Å². The first kappa shape index (κ1) is 18.6. The molecule has 142 valence electrons. The molecular weight excluding hydrogens is 374 g/mol. The number of anilines is 1. The monoisotopic (exact) mass is 399 g/mol. The van der Waals surface area contributed by atoms with Crippen LogP contribution >= 0.6 is 22.7 Å². The minimum atomic E-state index is -0.426. The molecule has 2 aromatic heterocycles. The van der Waals surface area contributed by atoms with Crippen LogP contribution in [-0.2, 0) is 17.8 Å². The van der Waals surface area contributed by atoms with Gasteiger partial charge in [0, 0.05) is 28.9 Å². The lowest BCUT2D eigenvalue weighted by atomic mass is 9.95. The van der Waals surface area contributed by atoms with Crippen molar-refractivity contribution in [2.45, 2.75) is 40.7 Å². The fourth-order valence-electron chi connectivity index (χ4n) is 3.31. The molecule has 0 bridgehead atoms. The minimum absolute atomic E-state index is 0.0517. The maximum Gasteiger partial charge on any atom is 0.230 e. The van der Waals surface area contributed by atoms with Crippen LogP contribution in [0.15, 0.2) is 24.3 Å². The first-order valence-corrected chi connectivity index (χ1v) is 11.0. The summed E-state index contributed by atoms with van der Waals surface area (Å²) >= 11 is 3.44. The second-order valence-electron chi connectivity index (χ2n) is 8.02.